The zero-order valence-corrected chi connectivity index (χ0v) is 17.1. The minimum atomic E-state index is -4.45. The first-order valence-corrected chi connectivity index (χ1v) is 10.2. The smallest absolute Gasteiger partial charge is 0.266 e. The average Bonchev–Trinajstić information content (AvgIpc) is 3.06. The van der Waals surface area contributed by atoms with Crippen molar-refractivity contribution >= 4 is 50.7 Å². The Morgan fingerprint density at radius 2 is 1.76 bits per heavy atom. The predicted octanol–water partition coefficient (Wildman–Crippen LogP) is 4.28. The van der Waals surface area contributed by atoms with E-state index in [1.54, 1.807) is 4.72 Å². The van der Waals surface area contributed by atoms with E-state index >= 15 is 0 Å². The number of halogens is 5. The van der Waals surface area contributed by atoms with Crippen molar-refractivity contribution in [3.63, 3.8) is 0 Å². The Morgan fingerprint density at radius 1 is 1.07 bits per heavy atom. The van der Waals surface area contributed by atoms with Crippen molar-refractivity contribution in [1.29, 1.82) is 0 Å². The van der Waals surface area contributed by atoms with Crippen LogP contribution in [-0.2, 0) is 10.0 Å². The standard InChI is InChI=1S/C16H9Cl3F2N4O3S/c17-8-5-6-11(10(19)7-8)25-14(15(20)21)13(22-24-25)16(26)23-29(27,28)12-4-2-1-3-9(12)18/h1-7,15H,(H,23,26). The zero-order valence-electron chi connectivity index (χ0n) is 14.0. The quantitative estimate of drug-likeness (QED) is 0.587. The Bertz CT molecular complexity index is 1200. The molecule has 0 bridgehead atoms. The lowest BCUT2D eigenvalue weighted by Gasteiger charge is -2.10. The number of nitrogens with one attached hydrogen (secondary N) is 1. The fourth-order valence-electron chi connectivity index (χ4n) is 2.37. The highest BCUT2D eigenvalue weighted by molar-refractivity contribution is 7.90. The maximum Gasteiger partial charge on any atom is 0.287 e. The Balaban J connectivity index is 2.02. The molecule has 0 aliphatic carbocycles. The van der Waals surface area contributed by atoms with Gasteiger partial charge in [0.2, 0.25) is 0 Å². The summed E-state index contributed by atoms with van der Waals surface area (Å²) >= 11 is 17.6. The Labute approximate surface area is 178 Å². The summed E-state index contributed by atoms with van der Waals surface area (Å²) in [5, 5.41) is 7.00. The third kappa shape index (κ3) is 4.35. The molecule has 0 aliphatic heterocycles. The molecular formula is C16H9Cl3F2N4O3S. The van der Waals surface area contributed by atoms with Gasteiger partial charge in [-0.2, -0.15) is 0 Å². The first kappa shape index (κ1) is 21.4. The van der Waals surface area contributed by atoms with Crippen LogP contribution in [0.3, 0.4) is 0 Å². The number of rotatable bonds is 5. The summed E-state index contributed by atoms with van der Waals surface area (Å²) in [5.41, 5.74) is -1.85. The number of aromatic nitrogens is 3. The number of amides is 1. The highest BCUT2D eigenvalue weighted by Crippen LogP contribution is 2.30. The lowest BCUT2D eigenvalue weighted by atomic mass is 10.2. The lowest BCUT2D eigenvalue weighted by Crippen LogP contribution is -2.32. The molecule has 0 saturated heterocycles. The van der Waals surface area contributed by atoms with Crippen LogP contribution in [-0.4, -0.2) is 29.3 Å². The van der Waals surface area contributed by atoms with Crippen molar-refractivity contribution in [2.24, 2.45) is 0 Å². The third-order valence-corrected chi connectivity index (χ3v) is 5.99. The molecule has 1 N–H and O–H groups in total. The molecule has 1 aromatic heterocycles. The minimum Gasteiger partial charge on any atom is -0.266 e. The molecule has 0 atom stereocenters. The summed E-state index contributed by atoms with van der Waals surface area (Å²) in [6, 6.07) is 9.28. The molecular weight excluding hydrogens is 473 g/mol. The van der Waals surface area contributed by atoms with Crippen molar-refractivity contribution in [1.82, 2.24) is 19.7 Å². The Morgan fingerprint density at radius 3 is 2.38 bits per heavy atom. The van der Waals surface area contributed by atoms with Crippen LogP contribution < -0.4 is 4.72 Å². The molecule has 3 aromatic rings. The summed E-state index contributed by atoms with van der Waals surface area (Å²) in [4.78, 5) is 12.0. The molecule has 0 unspecified atom stereocenters. The zero-order chi connectivity index (χ0) is 21.3. The topological polar surface area (TPSA) is 93.9 Å². The fraction of sp³-hybridized carbons (Fsp3) is 0.0625. The summed E-state index contributed by atoms with van der Waals surface area (Å²) in [7, 11) is -4.45. The van der Waals surface area contributed by atoms with Gasteiger partial charge in [0.25, 0.3) is 22.4 Å². The maximum absolute atomic E-state index is 13.7. The molecule has 1 heterocycles. The monoisotopic (exact) mass is 480 g/mol. The minimum absolute atomic E-state index is 0.0214. The molecule has 2 aromatic carbocycles. The van der Waals surface area contributed by atoms with Crippen LogP contribution in [0.5, 0.6) is 0 Å². The van der Waals surface area contributed by atoms with Crippen LogP contribution >= 0.6 is 34.8 Å². The molecule has 0 aliphatic rings. The van der Waals surface area contributed by atoms with Gasteiger partial charge >= 0.3 is 0 Å². The molecule has 29 heavy (non-hydrogen) atoms. The molecule has 0 saturated carbocycles. The second kappa shape index (κ2) is 8.23. The number of carbonyl (C=O) groups is 1. The van der Waals surface area contributed by atoms with Crippen LogP contribution in [0.1, 0.15) is 22.6 Å². The van der Waals surface area contributed by atoms with E-state index in [0.717, 1.165) is 6.07 Å². The fourth-order valence-corrected chi connectivity index (χ4v) is 4.33. The summed E-state index contributed by atoms with van der Waals surface area (Å²) < 4.78 is 54.4. The van der Waals surface area contributed by atoms with Gasteiger partial charge in [-0.1, -0.05) is 52.1 Å². The van der Waals surface area contributed by atoms with Gasteiger partial charge in [-0.3, -0.25) is 4.79 Å². The Hall–Kier alpha value is -2.27. The molecule has 0 spiro atoms. The molecule has 13 heteroatoms. The summed E-state index contributed by atoms with van der Waals surface area (Å²) in [6.07, 6.45) is -3.22. The third-order valence-electron chi connectivity index (χ3n) is 3.62. The highest BCUT2D eigenvalue weighted by Gasteiger charge is 2.31. The van der Waals surface area contributed by atoms with Crippen molar-refractivity contribution in [3.05, 3.63) is 68.9 Å². The molecule has 1 amide bonds. The van der Waals surface area contributed by atoms with Crippen molar-refractivity contribution in [3.8, 4) is 5.69 Å². The molecule has 0 fully saturated rings. The van der Waals surface area contributed by atoms with Gasteiger partial charge in [-0.15, -0.1) is 5.10 Å². The maximum atomic E-state index is 13.7. The molecule has 0 radical (unpaired) electrons. The largest absolute Gasteiger partial charge is 0.287 e. The van der Waals surface area contributed by atoms with Gasteiger partial charge in [0, 0.05) is 5.02 Å². The van der Waals surface area contributed by atoms with E-state index in [1.807, 2.05) is 0 Å². The second-order valence-corrected chi connectivity index (χ2v) is 8.40. The predicted molar refractivity (Wildman–Crippen MR) is 102 cm³/mol. The second-order valence-electron chi connectivity index (χ2n) is 5.50. The van der Waals surface area contributed by atoms with Gasteiger partial charge in [0.15, 0.2) is 5.69 Å². The highest BCUT2D eigenvalue weighted by atomic mass is 35.5. The van der Waals surface area contributed by atoms with Gasteiger partial charge in [0.1, 0.15) is 10.6 Å². The van der Waals surface area contributed by atoms with E-state index in [0.29, 0.717) is 4.68 Å². The van der Waals surface area contributed by atoms with Crippen molar-refractivity contribution in [2.75, 3.05) is 0 Å². The van der Waals surface area contributed by atoms with E-state index in [9.17, 15) is 22.0 Å². The summed E-state index contributed by atoms with van der Waals surface area (Å²) in [6.45, 7) is 0. The van der Waals surface area contributed by atoms with Crippen molar-refractivity contribution in [2.45, 2.75) is 11.3 Å². The average molecular weight is 482 g/mol. The van der Waals surface area contributed by atoms with E-state index in [1.165, 1.54) is 36.4 Å². The van der Waals surface area contributed by atoms with Gasteiger partial charge in [-0.25, -0.2) is 26.6 Å². The van der Waals surface area contributed by atoms with E-state index in [2.05, 4.69) is 10.3 Å². The lowest BCUT2D eigenvalue weighted by molar-refractivity contribution is 0.0959. The number of carbonyl (C=O) groups excluding carboxylic acids is 1. The van der Waals surface area contributed by atoms with Gasteiger partial charge in [-0.05, 0) is 30.3 Å². The first-order chi connectivity index (χ1) is 13.6. The number of alkyl halides is 2. The SMILES string of the molecule is O=C(NS(=O)(=O)c1ccccc1Cl)c1nnn(-c2ccc(Cl)cc2Cl)c1C(F)F. The van der Waals surface area contributed by atoms with E-state index in [4.69, 9.17) is 34.8 Å². The van der Waals surface area contributed by atoms with E-state index < -0.39 is 38.6 Å². The number of hydrogen-bond acceptors (Lipinski definition) is 5. The van der Waals surface area contributed by atoms with Crippen LogP contribution in [0.2, 0.25) is 15.1 Å². The number of sulfonamides is 1. The molecule has 152 valence electrons. The van der Waals surface area contributed by atoms with Crippen LogP contribution in [0, 0.1) is 0 Å². The first-order valence-electron chi connectivity index (χ1n) is 7.62. The summed E-state index contributed by atoms with van der Waals surface area (Å²) in [5.74, 6) is -1.41. The van der Waals surface area contributed by atoms with Crippen LogP contribution in [0.15, 0.2) is 47.4 Å². The molecule has 7 nitrogen and oxygen atoms in total. The van der Waals surface area contributed by atoms with Crippen LogP contribution in [0.25, 0.3) is 5.69 Å². The van der Waals surface area contributed by atoms with Crippen LogP contribution in [0.4, 0.5) is 8.78 Å². The van der Waals surface area contributed by atoms with Gasteiger partial charge in [0.05, 0.1) is 15.7 Å². The molecule has 3 rings (SSSR count). The Kier molecular flexibility index (Phi) is 6.08. The van der Waals surface area contributed by atoms with E-state index in [-0.39, 0.29) is 20.8 Å². The van der Waals surface area contributed by atoms with Crippen molar-refractivity contribution < 1.29 is 22.0 Å². The number of nitrogens with zero attached hydrogens (tertiary/aromatic N) is 3. The number of hydrogen-bond donors (Lipinski definition) is 1. The normalized spacial score (nSPS) is 11.7. The number of benzene rings is 2. The van der Waals surface area contributed by atoms with Gasteiger partial charge < -0.3 is 0 Å².